The fourth-order valence-corrected chi connectivity index (χ4v) is 3.24. The maximum atomic E-state index is 11.1. The van der Waals surface area contributed by atoms with Crippen LogP contribution in [0.2, 0.25) is 0 Å². The molecule has 3 N–H and O–H groups in total. The molecule has 0 amide bonds. The lowest BCUT2D eigenvalue weighted by Gasteiger charge is -2.20. The van der Waals surface area contributed by atoms with E-state index in [0.29, 0.717) is 19.1 Å². The maximum Gasteiger partial charge on any atom is 0.208 e. The van der Waals surface area contributed by atoms with E-state index in [-0.39, 0.29) is 0 Å². The molecule has 1 saturated heterocycles. The standard InChI is InChI=1S/C17H29N5O2S/c1-4-18-17(19-10-11-20-25(3,23)24)21-15-9-12-22(13-15)16-7-5-14(2)6-8-16/h5-8,15,20H,4,9-13H2,1-3H3,(H2,18,19,21). The van der Waals surface area contributed by atoms with Crippen LogP contribution in [-0.4, -0.2) is 59.4 Å². The highest BCUT2D eigenvalue weighted by Crippen LogP contribution is 2.20. The Kier molecular flexibility index (Phi) is 7.07. The molecular formula is C17H29N5O2S. The van der Waals surface area contributed by atoms with Crippen LogP contribution in [0, 0.1) is 6.92 Å². The summed E-state index contributed by atoms with van der Waals surface area (Å²) >= 11 is 0. The minimum atomic E-state index is -3.16. The molecule has 7 nitrogen and oxygen atoms in total. The van der Waals surface area contributed by atoms with Crippen molar-refractivity contribution in [2.45, 2.75) is 26.3 Å². The van der Waals surface area contributed by atoms with Gasteiger partial charge in [0, 0.05) is 37.9 Å². The minimum Gasteiger partial charge on any atom is -0.369 e. The molecule has 25 heavy (non-hydrogen) atoms. The molecule has 0 saturated carbocycles. The Morgan fingerprint density at radius 1 is 1.32 bits per heavy atom. The van der Waals surface area contributed by atoms with Gasteiger partial charge >= 0.3 is 0 Å². The lowest BCUT2D eigenvalue weighted by Crippen LogP contribution is -2.45. The number of nitrogens with zero attached hydrogens (tertiary/aromatic N) is 2. The number of guanidine groups is 1. The van der Waals surface area contributed by atoms with Crippen molar-refractivity contribution in [2.75, 3.05) is 43.9 Å². The average molecular weight is 368 g/mol. The Bertz CT molecular complexity index is 673. The van der Waals surface area contributed by atoms with E-state index >= 15 is 0 Å². The summed E-state index contributed by atoms with van der Waals surface area (Å²) in [6, 6.07) is 8.91. The summed E-state index contributed by atoms with van der Waals surface area (Å²) in [4.78, 5) is 6.81. The summed E-state index contributed by atoms with van der Waals surface area (Å²) < 4.78 is 24.6. The van der Waals surface area contributed by atoms with E-state index in [1.165, 1.54) is 11.3 Å². The topological polar surface area (TPSA) is 85.8 Å². The summed E-state index contributed by atoms with van der Waals surface area (Å²) in [5, 5.41) is 6.66. The molecule has 1 unspecified atom stereocenters. The first-order chi connectivity index (χ1) is 11.9. The first-order valence-electron chi connectivity index (χ1n) is 8.68. The predicted octanol–water partition coefficient (Wildman–Crippen LogP) is 0.678. The van der Waals surface area contributed by atoms with Gasteiger partial charge in [-0.1, -0.05) is 17.7 Å². The monoisotopic (exact) mass is 367 g/mol. The zero-order valence-electron chi connectivity index (χ0n) is 15.2. The van der Waals surface area contributed by atoms with Crippen LogP contribution in [-0.2, 0) is 10.0 Å². The highest BCUT2D eigenvalue weighted by atomic mass is 32.2. The maximum absolute atomic E-state index is 11.1. The third kappa shape index (κ3) is 6.91. The molecule has 0 aromatic heterocycles. The van der Waals surface area contributed by atoms with Crippen LogP contribution in [0.25, 0.3) is 0 Å². The van der Waals surface area contributed by atoms with Gasteiger partial charge in [0.1, 0.15) is 0 Å². The normalized spacial score (nSPS) is 18.4. The molecule has 0 bridgehead atoms. The Labute approximate surface area is 151 Å². The fourth-order valence-electron chi connectivity index (χ4n) is 2.78. The second-order valence-electron chi connectivity index (χ2n) is 6.34. The van der Waals surface area contributed by atoms with Gasteiger partial charge in [-0.25, -0.2) is 13.1 Å². The summed E-state index contributed by atoms with van der Waals surface area (Å²) in [5.41, 5.74) is 2.51. The van der Waals surface area contributed by atoms with E-state index in [0.717, 1.165) is 38.3 Å². The summed E-state index contributed by atoms with van der Waals surface area (Å²) in [6.07, 6.45) is 2.19. The lowest BCUT2D eigenvalue weighted by molar-refractivity contribution is 0.588. The average Bonchev–Trinajstić information content (AvgIpc) is 3.00. The molecule has 0 radical (unpaired) electrons. The zero-order chi connectivity index (χ0) is 18.3. The number of benzene rings is 1. The van der Waals surface area contributed by atoms with E-state index in [9.17, 15) is 8.42 Å². The Hall–Kier alpha value is -1.80. The molecule has 1 heterocycles. The summed E-state index contributed by atoms with van der Waals surface area (Å²) in [5.74, 6) is 0.730. The first kappa shape index (κ1) is 19.5. The molecule has 1 aliphatic rings. The molecule has 140 valence electrons. The van der Waals surface area contributed by atoms with Crippen LogP contribution in [0.1, 0.15) is 18.9 Å². The minimum absolute atomic E-state index is 0.301. The summed E-state index contributed by atoms with van der Waals surface area (Å²) in [7, 11) is -3.16. The van der Waals surface area contributed by atoms with Crippen molar-refractivity contribution in [3.8, 4) is 0 Å². The molecule has 0 aliphatic carbocycles. The van der Waals surface area contributed by atoms with Crippen molar-refractivity contribution < 1.29 is 8.42 Å². The lowest BCUT2D eigenvalue weighted by atomic mass is 10.2. The van der Waals surface area contributed by atoms with Crippen molar-refractivity contribution in [3.05, 3.63) is 29.8 Å². The number of nitrogens with one attached hydrogen (secondary N) is 3. The van der Waals surface area contributed by atoms with Gasteiger partial charge in [0.25, 0.3) is 0 Å². The van der Waals surface area contributed by atoms with Crippen LogP contribution in [0.5, 0.6) is 0 Å². The Morgan fingerprint density at radius 2 is 2.04 bits per heavy atom. The van der Waals surface area contributed by atoms with Gasteiger partial charge in [-0.15, -0.1) is 0 Å². The van der Waals surface area contributed by atoms with Gasteiger partial charge in [-0.3, -0.25) is 4.99 Å². The van der Waals surface area contributed by atoms with Crippen molar-refractivity contribution in [1.82, 2.24) is 15.4 Å². The number of anilines is 1. The Balaban J connectivity index is 1.86. The van der Waals surface area contributed by atoms with Crippen molar-refractivity contribution in [3.63, 3.8) is 0 Å². The zero-order valence-corrected chi connectivity index (χ0v) is 16.1. The van der Waals surface area contributed by atoms with E-state index in [1.54, 1.807) is 0 Å². The van der Waals surface area contributed by atoms with Gasteiger partial charge in [-0.2, -0.15) is 0 Å². The van der Waals surface area contributed by atoms with Crippen LogP contribution >= 0.6 is 0 Å². The smallest absolute Gasteiger partial charge is 0.208 e. The molecule has 2 rings (SSSR count). The third-order valence-electron chi connectivity index (χ3n) is 4.02. The number of aryl methyl sites for hydroxylation is 1. The van der Waals surface area contributed by atoms with Gasteiger partial charge in [0.05, 0.1) is 12.8 Å². The molecule has 1 fully saturated rings. The van der Waals surface area contributed by atoms with Crippen molar-refractivity contribution in [1.29, 1.82) is 0 Å². The van der Waals surface area contributed by atoms with Crippen molar-refractivity contribution >= 4 is 21.7 Å². The first-order valence-corrected chi connectivity index (χ1v) is 10.6. The number of aliphatic imine (C=N–C) groups is 1. The van der Waals surface area contributed by atoms with Gasteiger partial charge in [0.15, 0.2) is 5.96 Å². The summed E-state index contributed by atoms with van der Waals surface area (Å²) in [6.45, 7) is 7.51. The van der Waals surface area contributed by atoms with Crippen molar-refractivity contribution in [2.24, 2.45) is 4.99 Å². The van der Waals surface area contributed by atoms with Gasteiger partial charge in [0.2, 0.25) is 10.0 Å². The largest absolute Gasteiger partial charge is 0.369 e. The molecule has 1 aliphatic heterocycles. The van der Waals surface area contributed by atoms with Crippen LogP contribution in [0.15, 0.2) is 29.3 Å². The molecule has 1 atom stereocenters. The van der Waals surface area contributed by atoms with E-state index in [2.05, 4.69) is 56.4 Å². The van der Waals surface area contributed by atoms with E-state index < -0.39 is 10.0 Å². The van der Waals surface area contributed by atoms with E-state index in [1.807, 2.05) is 6.92 Å². The molecule has 1 aromatic rings. The fraction of sp³-hybridized carbons (Fsp3) is 0.588. The highest BCUT2D eigenvalue weighted by molar-refractivity contribution is 7.88. The molecule has 1 aromatic carbocycles. The number of hydrogen-bond donors (Lipinski definition) is 3. The molecule has 0 spiro atoms. The molecular weight excluding hydrogens is 338 g/mol. The second-order valence-corrected chi connectivity index (χ2v) is 8.17. The quantitative estimate of drug-likeness (QED) is 0.375. The van der Waals surface area contributed by atoms with Gasteiger partial charge in [-0.05, 0) is 32.4 Å². The Morgan fingerprint density at radius 3 is 2.68 bits per heavy atom. The number of rotatable bonds is 7. The SMILES string of the molecule is CCNC(=NCCNS(C)(=O)=O)NC1CCN(c2ccc(C)cc2)C1. The van der Waals surface area contributed by atoms with Crippen LogP contribution in [0.3, 0.4) is 0 Å². The number of sulfonamides is 1. The predicted molar refractivity (Wildman–Crippen MR) is 104 cm³/mol. The van der Waals surface area contributed by atoms with E-state index in [4.69, 9.17) is 0 Å². The number of hydrogen-bond acceptors (Lipinski definition) is 4. The third-order valence-corrected chi connectivity index (χ3v) is 4.75. The van der Waals surface area contributed by atoms with Crippen LogP contribution < -0.4 is 20.3 Å². The second kappa shape index (κ2) is 9.05. The van der Waals surface area contributed by atoms with Gasteiger partial charge < -0.3 is 15.5 Å². The van der Waals surface area contributed by atoms with Crippen LogP contribution in [0.4, 0.5) is 5.69 Å². The molecule has 8 heteroatoms. The highest BCUT2D eigenvalue weighted by Gasteiger charge is 2.23.